The number of hydrogen-bond acceptors (Lipinski definition) is 5. The highest BCUT2D eigenvalue weighted by Crippen LogP contribution is 2.38. The molecule has 6 heteroatoms. The molecule has 2 atom stereocenters. The summed E-state index contributed by atoms with van der Waals surface area (Å²) in [5.41, 5.74) is 0.957. The van der Waals surface area contributed by atoms with Crippen LogP contribution in [0, 0.1) is 0 Å². The van der Waals surface area contributed by atoms with Gasteiger partial charge in [-0.3, -0.25) is 4.90 Å². The molecule has 2 aliphatic rings. The predicted molar refractivity (Wildman–Crippen MR) is 78.2 cm³/mol. The second kappa shape index (κ2) is 6.24. The Bertz CT molecular complexity index is 517. The molecule has 0 N–H and O–H groups in total. The van der Waals surface area contributed by atoms with Crippen LogP contribution < -0.4 is 0 Å². The van der Waals surface area contributed by atoms with Gasteiger partial charge in [0, 0.05) is 20.8 Å². The van der Waals surface area contributed by atoms with E-state index in [0.29, 0.717) is 13.2 Å². The maximum Gasteiger partial charge on any atom is 0.410 e. The van der Waals surface area contributed by atoms with Crippen LogP contribution in [-0.2, 0) is 25.6 Å². The summed E-state index contributed by atoms with van der Waals surface area (Å²) in [5.74, 6) is -0.910. The molecule has 0 saturated carbocycles. The molecule has 0 spiro atoms. The van der Waals surface area contributed by atoms with Crippen LogP contribution in [0.2, 0.25) is 0 Å². The number of rotatable bonds is 4. The van der Waals surface area contributed by atoms with Crippen LogP contribution in [0.25, 0.3) is 0 Å². The third kappa shape index (κ3) is 2.58. The standard InChI is InChI=1S/C16H21NO5/c1-19-16(20-2)11-22-13-8-9-17(14(13)16)15(18)21-10-12-6-4-3-5-7-12/h3-7,13-14H,8-11H2,1-2H3. The van der Waals surface area contributed by atoms with Crippen molar-refractivity contribution in [1.29, 1.82) is 0 Å². The van der Waals surface area contributed by atoms with Gasteiger partial charge in [-0.15, -0.1) is 0 Å². The molecular formula is C16H21NO5. The van der Waals surface area contributed by atoms with Gasteiger partial charge in [0.2, 0.25) is 5.79 Å². The molecule has 120 valence electrons. The Morgan fingerprint density at radius 3 is 2.73 bits per heavy atom. The number of hydrogen-bond donors (Lipinski definition) is 0. The minimum Gasteiger partial charge on any atom is -0.445 e. The van der Waals surface area contributed by atoms with Crippen molar-refractivity contribution in [2.24, 2.45) is 0 Å². The van der Waals surface area contributed by atoms with Crippen molar-refractivity contribution in [3.8, 4) is 0 Å². The minimum atomic E-state index is -0.910. The molecule has 2 aliphatic heterocycles. The number of benzene rings is 1. The van der Waals surface area contributed by atoms with Gasteiger partial charge < -0.3 is 18.9 Å². The van der Waals surface area contributed by atoms with E-state index in [-0.39, 0.29) is 24.8 Å². The van der Waals surface area contributed by atoms with E-state index in [1.54, 1.807) is 19.1 Å². The fourth-order valence-corrected chi connectivity index (χ4v) is 3.22. The molecular weight excluding hydrogens is 286 g/mol. The zero-order chi connectivity index (χ0) is 15.6. The quantitative estimate of drug-likeness (QED) is 0.794. The summed E-state index contributed by atoms with van der Waals surface area (Å²) in [4.78, 5) is 14.1. The Morgan fingerprint density at radius 1 is 1.32 bits per heavy atom. The smallest absolute Gasteiger partial charge is 0.410 e. The molecule has 3 rings (SSSR count). The fourth-order valence-electron chi connectivity index (χ4n) is 3.22. The van der Waals surface area contributed by atoms with Crippen LogP contribution in [0.5, 0.6) is 0 Å². The summed E-state index contributed by atoms with van der Waals surface area (Å²) in [7, 11) is 3.14. The van der Waals surface area contributed by atoms with E-state index in [1.165, 1.54) is 0 Å². The van der Waals surface area contributed by atoms with E-state index in [1.807, 2.05) is 30.3 Å². The van der Waals surface area contributed by atoms with E-state index in [4.69, 9.17) is 18.9 Å². The summed E-state index contributed by atoms with van der Waals surface area (Å²) < 4.78 is 22.2. The molecule has 1 amide bonds. The highest BCUT2D eigenvalue weighted by Gasteiger charge is 2.58. The Labute approximate surface area is 129 Å². The lowest BCUT2D eigenvalue weighted by Crippen LogP contribution is -2.55. The van der Waals surface area contributed by atoms with Crippen molar-refractivity contribution in [3.05, 3.63) is 35.9 Å². The second-order valence-electron chi connectivity index (χ2n) is 5.54. The Kier molecular flexibility index (Phi) is 4.33. The first-order valence-electron chi connectivity index (χ1n) is 7.39. The lowest BCUT2D eigenvalue weighted by Gasteiger charge is -2.35. The number of methoxy groups -OCH3 is 2. The number of nitrogens with zero attached hydrogens (tertiary/aromatic N) is 1. The summed E-state index contributed by atoms with van der Waals surface area (Å²) in [6.45, 7) is 1.15. The molecule has 0 radical (unpaired) electrons. The molecule has 22 heavy (non-hydrogen) atoms. The van der Waals surface area contributed by atoms with Gasteiger partial charge in [0.1, 0.15) is 19.3 Å². The number of fused-ring (bicyclic) bond motifs is 1. The predicted octanol–water partition coefficient (Wildman–Crippen LogP) is 1.79. The van der Waals surface area contributed by atoms with Gasteiger partial charge in [-0.1, -0.05) is 30.3 Å². The number of ether oxygens (including phenoxy) is 4. The third-order valence-electron chi connectivity index (χ3n) is 4.42. The summed E-state index contributed by atoms with van der Waals surface area (Å²) in [6, 6.07) is 9.34. The largest absolute Gasteiger partial charge is 0.445 e. The third-order valence-corrected chi connectivity index (χ3v) is 4.42. The maximum absolute atomic E-state index is 12.4. The molecule has 2 unspecified atom stereocenters. The molecule has 2 heterocycles. The maximum atomic E-state index is 12.4. The Balaban J connectivity index is 1.67. The van der Waals surface area contributed by atoms with Gasteiger partial charge in [0.15, 0.2) is 0 Å². The highest BCUT2D eigenvalue weighted by atomic mass is 16.7. The van der Waals surface area contributed by atoms with Crippen molar-refractivity contribution in [3.63, 3.8) is 0 Å². The van der Waals surface area contributed by atoms with Crippen molar-refractivity contribution in [2.45, 2.75) is 31.0 Å². The number of likely N-dealkylation sites (tertiary alicyclic amines) is 1. The summed E-state index contributed by atoms with van der Waals surface area (Å²) in [5, 5.41) is 0. The lowest BCUT2D eigenvalue weighted by molar-refractivity contribution is -0.224. The fraction of sp³-hybridized carbons (Fsp3) is 0.562. The monoisotopic (exact) mass is 307 g/mol. The molecule has 0 aliphatic carbocycles. The van der Waals surface area contributed by atoms with E-state index >= 15 is 0 Å². The van der Waals surface area contributed by atoms with Crippen LogP contribution in [0.1, 0.15) is 12.0 Å². The Morgan fingerprint density at radius 2 is 2.05 bits per heavy atom. The second-order valence-corrected chi connectivity index (χ2v) is 5.54. The highest BCUT2D eigenvalue weighted by molar-refractivity contribution is 5.69. The van der Waals surface area contributed by atoms with Crippen molar-refractivity contribution in [1.82, 2.24) is 4.90 Å². The summed E-state index contributed by atoms with van der Waals surface area (Å²) >= 11 is 0. The molecule has 0 aromatic heterocycles. The van der Waals surface area contributed by atoms with Crippen LogP contribution in [0.15, 0.2) is 30.3 Å². The molecule has 0 bridgehead atoms. The zero-order valence-electron chi connectivity index (χ0n) is 12.9. The average molecular weight is 307 g/mol. The number of carbonyl (C=O) groups is 1. The summed E-state index contributed by atoms with van der Waals surface area (Å²) in [6.07, 6.45) is 0.337. The number of carbonyl (C=O) groups excluding carboxylic acids is 1. The average Bonchev–Trinajstić information content (AvgIpc) is 3.14. The Hall–Kier alpha value is -1.63. The van der Waals surface area contributed by atoms with Gasteiger partial charge in [-0.2, -0.15) is 0 Å². The van der Waals surface area contributed by atoms with Gasteiger partial charge >= 0.3 is 6.09 Å². The van der Waals surface area contributed by atoms with E-state index < -0.39 is 5.79 Å². The molecule has 2 saturated heterocycles. The first-order valence-corrected chi connectivity index (χ1v) is 7.39. The molecule has 1 aromatic carbocycles. The first kappa shape index (κ1) is 15.3. The van der Waals surface area contributed by atoms with Crippen LogP contribution >= 0.6 is 0 Å². The van der Waals surface area contributed by atoms with Crippen LogP contribution in [0.4, 0.5) is 4.79 Å². The van der Waals surface area contributed by atoms with Crippen molar-refractivity contribution >= 4 is 6.09 Å². The van der Waals surface area contributed by atoms with Crippen LogP contribution in [0.3, 0.4) is 0 Å². The van der Waals surface area contributed by atoms with Gasteiger partial charge in [-0.25, -0.2) is 4.79 Å². The SMILES string of the molecule is COC1(OC)COC2CCN(C(=O)OCc3ccccc3)C21. The topological polar surface area (TPSA) is 57.2 Å². The van der Waals surface area contributed by atoms with Crippen molar-refractivity contribution < 1.29 is 23.7 Å². The van der Waals surface area contributed by atoms with Gasteiger partial charge in [0.25, 0.3) is 0 Å². The lowest BCUT2D eigenvalue weighted by atomic mass is 10.1. The van der Waals surface area contributed by atoms with E-state index in [0.717, 1.165) is 12.0 Å². The first-order chi connectivity index (χ1) is 10.7. The van der Waals surface area contributed by atoms with Crippen molar-refractivity contribution in [2.75, 3.05) is 27.4 Å². The minimum absolute atomic E-state index is 0.0656. The van der Waals surface area contributed by atoms with E-state index in [9.17, 15) is 4.79 Å². The molecule has 2 fully saturated rings. The number of amides is 1. The zero-order valence-corrected chi connectivity index (χ0v) is 12.9. The molecule has 1 aromatic rings. The van der Waals surface area contributed by atoms with E-state index in [2.05, 4.69) is 0 Å². The molecule has 6 nitrogen and oxygen atoms in total. The normalized spacial score (nSPS) is 26.0. The van der Waals surface area contributed by atoms with Crippen LogP contribution in [-0.4, -0.2) is 56.3 Å². The van der Waals surface area contributed by atoms with Gasteiger partial charge in [0.05, 0.1) is 6.10 Å². The van der Waals surface area contributed by atoms with Gasteiger partial charge in [-0.05, 0) is 12.0 Å².